The van der Waals surface area contributed by atoms with Crippen LogP contribution in [-0.2, 0) is 0 Å². The molecule has 0 amide bonds. The lowest BCUT2D eigenvalue weighted by molar-refractivity contribution is 0.554. The highest BCUT2D eigenvalue weighted by atomic mass is 32.2. The summed E-state index contributed by atoms with van der Waals surface area (Å²) in [5, 5.41) is 0. The zero-order valence-corrected chi connectivity index (χ0v) is 10.1. The summed E-state index contributed by atoms with van der Waals surface area (Å²) in [6.07, 6.45) is 5.36. The van der Waals surface area contributed by atoms with Crippen LogP contribution < -0.4 is 0 Å². The summed E-state index contributed by atoms with van der Waals surface area (Å²) < 4.78 is 0. The number of hydrogen-bond acceptors (Lipinski definition) is 2. The Morgan fingerprint density at radius 2 is 2.00 bits per heavy atom. The molecule has 0 radical (unpaired) electrons. The molecule has 1 atom stereocenters. The molecule has 74 valence electrons. The van der Waals surface area contributed by atoms with Crippen molar-refractivity contribution in [3.63, 3.8) is 0 Å². The average molecular weight is 206 g/mol. The summed E-state index contributed by atoms with van der Waals surface area (Å²) in [4.78, 5) is 0. The van der Waals surface area contributed by atoms with Crippen molar-refractivity contribution in [1.82, 2.24) is 0 Å². The summed E-state index contributed by atoms with van der Waals surface area (Å²) in [6, 6.07) is 0. The van der Waals surface area contributed by atoms with Crippen LogP contribution in [-0.4, -0.2) is 17.3 Å². The van der Waals surface area contributed by atoms with Gasteiger partial charge in [0, 0.05) is 0 Å². The predicted molar refractivity (Wildman–Crippen MR) is 64.5 cm³/mol. The third-order valence-electron chi connectivity index (χ3n) is 2.02. The van der Waals surface area contributed by atoms with Gasteiger partial charge in [-0.2, -0.15) is 24.4 Å². The Morgan fingerprint density at radius 3 is 2.58 bits per heavy atom. The van der Waals surface area contributed by atoms with Gasteiger partial charge in [-0.1, -0.05) is 20.3 Å². The molecule has 0 aromatic carbocycles. The van der Waals surface area contributed by atoms with Gasteiger partial charge in [0.05, 0.1) is 0 Å². The molecule has 1 unspecified atom stereocenters. The third-order valence-corrected chi connectivity index (χ3v) is 3.38. The van der Waals surface area contributed by atoms with Crippen LogP contribution in [0.3, 0.4) is 0 Å². The van der Waals surface area contributed by atoms with Gasteiger partial charge in [-0.3, -0.25) is 0 Å². The minimum absolute atomic E-state index is 0.872. The number of thiol groups is 1. The quantitative estimate of drug-likeness (QED) is 0.465. The summed E-state index contributed by atoms with van der Waals surface area (Å²) in [5.41, 5.74) is 0. The second-order valence-corrected chi connectivity index (χ2v) is 5.04. The molecule has 0 N–H and O–H groups in total. The molecule has 0 fully saturated rings. The molecule has 0 aromatic rings. The van der Waals surface area contributed by atoms with Crippen molar-refractivity contribution < 1.29 is 0 Å². The topological polar surface area (TPSA) is 0 Å². The molecule has 0 aliphatic rings. The van der Waals surface area contributed by atoms with E-state index in [9.17, 15) is 0 Å². The number of rotatable bonds is 8. The fraction of sp³-hybridized carbons (Fsp3) is 1.00. The largest absolute Gasteiger partial charge is 0.179 e. The lowest BCUT2D eigenvalue weighted by Gasteiger charge is -2.08. The molecular formula is C10H22S2. The highest BCUT2D eigenvalue weighted by molar-refractivity contribution is 7.99. The standard InChI is InChI=1S/C10H22S2/c1-3-4-8-12-9-6-10(2)5-7-11/h10-11H,3-9H2,1-2H3. The minimum atomic E-state index is 0.872. The molecule has 0 aliphatic carbocycles. The number of thioether (sulfide) groups is 1. The van der Waals surface area contributed by atoms with Crippen LogP contribution >= 0.6 is 24.4 Å². The van der Waals surface area contributed by atoms with Gasteiger partial charge < -0.3 is 0 Å². The van der Waals surface area contributed by atoms with Crippen molar-refractivity contribution >= 4 is 24.4 Å². The lowest BCUT2D eigenvalue weighted by atomic mass is 10.1. The van der Waals surface area contributed by atoms with Crippen molar-refractivity contribution in [2.75, 3.05) is 17.3 Å². The molecule has 0 spiro atoms. The van der Waals surface area contributed by atoms with Gasteiger partial charge in [-0.25, -0.2) is 0 Å². The summed E-state index contributed by atoms with van der Waals surface area (Å²) in [6.45, 7) is 4.58. The molecule has 0 nitrogen and oxygen atoms in total. The van der Waals surface area contributed by atoms with E-state index in [0.717, 1.165) is 11.7 Å². The van der Waals surface area contributed by atoms with Crippen LogP contribution in [0, 0.1) is 5.92 Å². The summed E-state index contributed by atoms with van der Waals surface area (Å²) in [7, 11) is 0. The van der Waals surface area contributed by atoms with Crippen LogP contribution in [0.1, 0.15) is 39.5 Å². The molecule has 12 heavy (non-hydrogen) atoms. The molecule has 2 heteroatoms. The Morgan fingerprint density at radius 1 is 1.25 bits per heavy atom. The van der Waals surface area contributed by atoms with E-state index in [0.29, 0.717) is 0 Å². The first kappa shape index (κ1) is 12.7. The van der Waals surface area contributed by atoms with Crippen LogP contribution in [0.25, 0.3) is 0 Å². The van der Waals surface area contributed by atoms with E-state index in [4.69, 9.17) is 0 Å². The molecule has 0 aromatic heterocycles. The minimum Gasteiger partial charge on any atom is -0.179 e. The first-order valence-corrected chi connectivity index (χ1v) is 6.78. The van der Waals surface area contributed by atoms with Gasteiger partial charge in [0.1, 0.15) is 0 Å². The Hall–Kier alpha value is 0.700. The molecule has 0 bridgehead atoms. The average Bonchev–Trinajstić information content (AvgIpc) is 2.05. The van der Waals surface area contributed by atoms with Gasteiger partial charge in [0.2, 0.25) is 0 Å². The highest BCUT2D eigenvalue weighted by Gasteiger charge is 1.99. The second kappa shape index (κ2) is 9.79. The zero-order chi connectivity index (χ0) is 9.23. The van der Waals surface area contributed by atoms with Gasteiger partial charge >= 0.3 is 0 Å². The lowest BCUT2D eigenvalue weighted by Crippen LogP contribution is -1.97. The fourth-order valence-corrected chi connectivity index (χ4v) is 2.70. The van der Waals surface area contributed by atoms with Crippen LogP contribution in [0.15, 0.2) is 0 Å². The van der Waals surface area contributed by atoms with Gasteiger partial charge in [0.25, 0.3) is 0 Å². The van der Waals surface area contributed by atoms with E-state index in [1.165, 1.54) is 37.2 Å². The smallest absolute Gasteiger partial charge is 0.00650 e. The van der Waals surface area contributed by atoms with E-state index in [2.05, 4.69) is 38.2 Å². The second-order valence-electron chi connectivity index (χ2n) is 3.37. The SMILES string of the molecule is CCCCSCCC(C)CCS. The Labute approximate surface area is 87.3 Å². The Kier molecular flexibility index (Phi) is 10.4. The van der Waals surface area contributed by atoms with E-state index in [1.54, 1.807) is 0 Å². The predicted octanol–water partition coefficient (Wildman–Crippen LogP) is 3.87. The third kappa shape index (κ3) is 8.79. The maximum atomic E-state index is 4.23. The molecule has 0 aliphatic heterocycles. The van der Waals surface area contributed by atoms with E-state index in [1.807, 2.05) is 0 Å². The van der Waals surface area contributed by atoms with E-state index >= 15 is 0 Å². The first-order chi connectivity index (χ1) is 5.81. The van der Waals surface area contributed by atoms with Crippen molar-refractivity contribution in [2.24, 2.45) is 5.92 Å². The van der Waals surface area contributed by atoms with Crippen molar-refractivity contribution in [3.05, 3.63) is 0 Å². The van der Waals surface area contributed by atoms with E-state index in [-0.39, 0.29) is 0 Å². The molecule has 0 saturated carbocycles. The summed E-state index contributed by atoms with van der Waals surface area (Å²) in [5.74, 6) is 4.61. The van der Waals surface area contributed by atoms with Gasteiger partial charge in [-0.15, -0.1) is 0 Å². The van der Waals surface area contributed by atoms with Crippen LogP contribution in [0.4, 0.5) is 0 Å². The molecular weight excluding hydrogens is 184 g/mol. The van der Waals surface area contributed by atoms with Crippen molar-refractivity contribution in [3.8, 4) is 0 Å². The van der Waals surface area contributed by atoms with Crippen molar-refractivity contribution in [2.45, 2.75) is 39.5 Å². The molecule has 0 saturated heterocycles. The molecule has 0 heterocycles. The number of unbranched alkanes of at least 4 members (excludes halogenated alkanes) is 1. The summed E-state index contributed by atoms with van der Waals surface area (Å²) >= 11 is 6.34. The Bertz CT molecular complexity index is 83.9. The van der Waals surface area contributed by atoms with Crippen LogP contribution in [0.2, 0.25) is 0 Å². The van der Waals surface area contributed by atoms with E-state index < -0.39 is 0 Å². The number of hydrogen-bond donors (Lipinski definition) is 1. The fourth-order valence-electron chi connectivity index (χ4n) is 0.998. The first-order valence-electron chi connectivity index (χ1n) is 4.99. The van der Waals surface area contributed by atoms with Crippen LogP contribution in [0.5, 0.6) is 0 Å². The monoisotopic (exact) mass is 206 g/mol. The molecule has 0 rings (SSSR count). The maximum absolute atomic E-state index is 4.23. The normalized spacial score (nSPS) is 13.2. The van der Waals surface area contributed by atoms with Crippen molar-refractivity contribution in [1.29, 1.82) is 0 Å². The zero-order valence-electron chi connectivity index (χ0n) is 8.38. The Balaban J connectivity index is 2.97. The van der Waals surface area contributed by atoms with Gasteiger partial charge in [-0.05, 0) is 42.4 Å². The maximum Gasteiger partial charge on any atom is -0.00650 e. The van der Waals surface area contributed by atoms with Gasteiger partial charge in [0.15, 0.2) is 0 Å². The highest BCUT2D eigenvalue weighted by Crippen LogP contribution is 2.14.